The van der Waals surface area contributed by atoms with Crippen LogP contribution in [0.15, 0.2) is 0 Å². The minimum absolute atomic E-state index is 0.598. The first-order valence-electron chi connectivity index (χ1n) is 3.85. The van der Waals surface area contributed by atoms with Crippen molar-refractivity contribution in [1.82, 2.24) is 8.01 Å². The van der Waals surface area contributed by atoms with Crippen LogP contribution in [0.3, 0.4) is 0 Å². The molecular weight excluding hydrogens is 239 g/mol. The summed E-state index contributed by atoms with van der Waals surface area (Å²) in [5.41, 5.74) is 0.598. The summed E-state index contributed by atoms with van der Waals surface area (Å²) in [6, 6.07) is 0. The summed E-state index contributed by atoms with van der Waals surface area (Å²) < 4.78 is 2.37. The molecule has 2 rings (SSSR count). The monoisotopic (exact) mass is 252 g/mol. The molecule has 2 heterocycles. The van der Waals surface area contributed by atoms with E-state index in [-0.39, 0.29) is 0 Å². The molecule has 2 aliphatic heterocycles. The lowest BCUT2D eigenvalue weighted by molar-refractivity contribution is 0.0562. The number of likely N-dealkylation sites (tertiary alicyclic amines) is 1. The number of hydrogen-bond acceptors (Lipinski definition) is 2. The average Bonchev–Trinajstić information content (AvgIpc) is 2.12. The van der Waals surface area contributed by atoms with Gasteiger partial charge in [0.2, 0.25) is 0 Å². The number of hydrogen-bond donors (Lipinski definition) is 0. The number of likely N-dealkylation sites (N-methyl/N-ethyl adjacent to an activating group) is 1. The van der Waals surface area contributed by atoms with Crippen molar-refractivity contribution in [3.05, 3.63) is 0 Å². The van der Waals surface area contributed by atoms with Gasteiger partial charge >= 0.3 is 0 Å². The van der Waals surface area contributed by atoms with Crippen LogP contribution < -0.4 is 0 Å². The molecule has 10 heavy (non-hydrogen) atoms. The van der Waals surface area contributed by atoms with Crippen LogP contribution in [0.5, 0.6) is 0 Å². The minimum Gasteiger partial charge on any atom is -0.298 e. The van der Waals surface area contributed by atoms with Crippen molar-refractivity contribution in [3.63, 3.8) is 0 Å². The Labute approximate surface area is 76.1 Å². The van der Waals surface area contributed by atoms with E-state index in [1.54, 1.807) is 0 Å². The highest BCUT2D eigenvalue weighted by atomic mass is 127. The van der Waals surface area contributed by atoms with Crippen LogP contribution >= 0.6 is 22.9 Å². The van der Waals surface area contributed by atoms with Gasteiger partial charge in [-0.3, -0.25) is 4.90 Å². The van der Waals surface area contributed by atoms with E-state index in [1.165, 1.54) is 32.5 Å². The molecule has 0 aromatic heterocycles. The van der Waals surface area contributed by atoms with Crippen LogP contribution in [0.4, 0.5) is 0 Å². The van der Waals surface area contributed by atoms with Crippen LogP contribution in [0, 0.1) is 0 Å². The average molecular weight is 252 g/mol. The van der Waals surface area contributed by atoms with Crippen LogP contribution in [0.2, 0.25) is 0 Å². The second-order valence-corrected chi connectivity index (χ2v) is 4.89. The fraction of sp³-hybridized carbons (Fsp3) is 1.00. The third-order valence-corrected chi connectivity index (χ3v) is 3.56. The smallest absolute Gasteiger partial charge is 0.0476 e. The summed E-state index contributed by atoms with van der Waals surface area (Å²) in [7, 11) is 2.26. The van der Waals surface area contributed by atoms with Gasteiger partial charge in [0.1, 0.15) is 0 Å². The maximum absolute atomic E-state index is 2.53. The van der Waals surface area contributed by atoms with Crippen LogP contribution in [0.25, 0.3) is 0 Å². The van der Waals surface area contributed by atoms with E-state index in [0.29, 0.717) is 5.54 Å². The van der Waals surface area contributed by atoms with Crippen molar-refractivity contribution in [2.75, 3.05) is 26.7 Å². The number of rotatable bonds is 0. The first kappa shape index (κ1) is 7.31. The van der Waals surface area contributed by atoms with Crippen LogP contribution in [0.1, 0.15) is 12.8 Å². The molecule has 2 saturated heterocycles. The summed E-state index contributed by atoms with van der Waals surface area (Å²) in [5, 5.41) is 0. The van der Waals surface area contributed by atoms with Gasteiger partial charge in [-0.1, -0.05) is 0 Å². The second-order valence-electron chi connectivity index (χ2n) is 3.53. The molecule has 0 aliphatic carbocycles. The maximum atomic E-state index is 2.53. The molecule has 0 saturated carbocycles. The van der Waals surface area contributed by atoms with Gasteiger partial charge in [0, 0.05) is 41.5 Å². The van der Waals surface area contributed by atoms with Gasteiger partial charge in [-0.2, -0.15) is 0 Å². The normalized spacial score (nSPS) is 33.0. The van der Waals surface area contributed by atoms with E-state index < -0.39 is 0 Å². The van der Waals surface area contributed by atoms with Crippen molar-refractivity contribution in [1.29, 1.82) is 0 Å². The first-order valence-corrected chi connectivity index (χ1v) is 4.81. The van der Waals surface area contributed by atoms with Crippen LogP contribution in [-0.4, -0.2) is 40.2 Å². The number of halogens is 1. The van der Waals surface area contributed by atoms with Crippen molar-refractivity contribution >= 4 is 22.9 Å². The van der Waals surface area contributed by atoms with Gasteiger partial charge in [-0.15, -0.1) is 0 Å². The van der Waals surface area contributed by atoms with E-state index in [4.69, 9.17) is 0 Å². The van der Waals surface area contributed by atoms with Gasteiger partial charge in [0.05, 0.1) is 0 Å². The molecule has 0 aromatic rings. The summed E-state index contributed by atoms with van der Waals surface area (Å²) in [6.07, 6.45) is 2.82. The van der Waals surface area contributed by atoms with Gasteiger partial charge in [-0.05, 0) is 26.4 Å². The number of nitrogens with zero attached hydrogens (tertiary/aromatic N) is 2. The summed E-state index contributed by atoms with van der Waals surface area (Å²) >= 11 is 2.41. The Morgan fingerprint density at radius 3 is 2.50 bits per heavy atom. The fourth-order valence-corrected chi connectivity index (χ4v) is 3.34. The fourth-order valence-electron chi connectivity index (χ4n) is 2.07. The maximum Gasteiger partial charge on any atom is 0.0476 e. The zero-order chi connectivity index (χ0) is 7.19. The Bertz CT molecular complexity index is 143. The third kappa shape index (κ3) is 0.905. The van der Waals surface area contributed by atoms with Gasteiger partial charge in [-0.25, -0.2) is 3.11 Å². The molecule has 0 unspecified atom stereocenters. The first-order chi connectivity index (χ1) is 4.73. The standard InChI is InChI=1S/C7H13IN2/c1-9-4-2-3-7(9)5-10(8)6-7/h2-6H2,1H3. The molecule has 0 amide bonds. The zero-order valence-corrected chi connectivity index (χ0v) is 8.47. The third-order valence-electron chi connectivity index (χ3n) is 2.88. The Balaban J connectivity index is 2.03. The van der Waals surface area contributed by atoms with Gasteiger partial charge in [0.25, 0.3) is 0 Å². The molecule has 2 nitrogen and oxygen atoms in total. The summed E-state index contributed by atoms with van der Waals surface area (Å²) in [4.78, 5) is 2.53. The van der Waals surface area contributed by atoms with Crippen molar-refractivity contribution in [3.8, 4) is 0 Å². The Kier molecular flexibility index (Phi) is 1.69. The van der Waals surface area contributed by atoms with E-state index in [1.807, 2.05) is 0 Å². The summed E-state index contributed by atoms with van der Waals surface area (Å²) in [5.74, 6) is 0. The Morgan fingerprint density at radius 1 is 1.40 bits per heavy atom. The molecule has 3 heteroatoms. The van der Waals surface area contributed by atoms with Crippen molar-refractivity contribution in [2.45, 2.75) is 18.4 Å². The minimum atomic E-state index is 0.598. The topological polar surface area (TPSA) is 6.48 Å². The Hall–Kier alpha value is 0.650. The molecule has 0 radical (unpaired) electrons. The van der Waals surface area contributed by atoms with E-state index in [9.17, 15) is 0 Å². The lowest BCUT2D eigenvalue weighted by Crippen LogP contribution is -2.63. The van der Waals surface area contributed by atoms with Crippen molar-refractivity contribution < 1.29 is 0 Å². The Morgan fingerprint density at radius 2 is 2.10 bits per heavy atom. The highest BCUT2D eigenvalue weighted by Gasteiger charge is 2.47. The van der Waals surface area contributed by atoms with Crippen LogP contribution in [-0.2, 0) is 0 Å². The zero-order valence-electron chi connectivity index (χ0n) is 6.31. The molecule has 0 aromatic carbocycles. The molecule has 0 bridgehead atoms. The van der Waals surface area contributed by atoms with Gasteiger partial charge < -0.3 is 0 Å². The van der Waals surface area contributed by atoms with E-state index >= 15 is 0 Å². The molecular formula is C7H13IN2. The van der Waals surface area contributed by atoms with E-state index in [0.717, 1.165) is 0 Å². The molecule has 58 valence electrons. The molecule has 2 aliphatic rings. The van der Waals surface area contributed by atoms with Gasteiger partial charge in [0.15, 0.2) is 0 Å². The SMILES string of the molecule is CN1CCCC12CN(I)C2. The second kappa shape index (κ2) is 2.32. The summed E-state index contributed by atoms with van der Waals surface area (Å²) in [6.45, 7) is 3.87. The molecule has 2 fully saturated rings. The highest BCUT2D eigenvalue weighted by Crippen LogP contribution is 2.37. The predicted molar refractivity (Wildman–Crippen MR) is 50.2 cm³/mol. The molecule has 0 N–H and O–H groups in total. The quantitative estimate of drug-likeness (QED) is 0.471. The highest BCUT2D eigenvalue weighted by molar-refractivity contribution is 14.1. The van der Waals surface area contributed by atoms with E-state index in [2.05, 4.69) is 37.9 Å². The molecule has 1 spiro atoms. The van der Waals surface area contributed by atoms with Crippen molar-refractivity contribution in [2.24, 2.45) is 0 Å². The largest absolute Gasteiger partial charge is 0.298 e. The molecule has 0 atom stereocenters. The lowest BCUT2D eigenvalue weighted by Gasteiger charge is -2.49. The predicted octanol–water partition coefficient (Wildman–Crippen LogP) is 1.12. The lowest BCUT2D eigenvalue weighted by atomic mass is 9.90.